The van der Waals surface area contributed by atoms with Crippen molar-refractivity contribution >= 4 is 17.3 Å². The quantitative estimate of drug-likeness (QED) is 0.220. The van der Waals surface area contributed by atoms with Crippen LogP contribution in [0.1, 0.15) is 42.9 Å². The normalized spacial score (nSPS) is 11.2. The third-order valence-electron chi connectivity index (χ3n) is 4.88. The molecule has 0 bridgehead atoms. The Morgan fingerprint density at radius 1 is 1.27 bits per heavy atom. The first kappa shape index (κ1) is 27.4. The molecule has 0 aromatic heterocycles. The Hall–Kier alpha value is -3.63. The lowest BCUT2D eigenvalue weighted by molar-refractivity contribution is -0.138. The lowest BCUT2D eigenvalue weighted by atomic mass is 9.99. The summed E-state index contributed by atoms with van der Waals surface area (Å²) < 4.78 is 13.5. The van der Waals surface area contributed by atoms with Crippen molar-refractivity contribution in [2.45, 2.75) is 32.6 Å². The van der Waals surface area contributed by atoms with E-state index in [0.29, 0.717) is 12.2 Å². The van der Waals surface area contributed by atoms with Gasteiger partial charge in [0.1, 0.15) is 11.9 Å². The van der Waals surface area contributed by atoms with Gasteiger partial charge < -0.3 is 21.5 Å². The third-order valence-corrected chi connectivity index (χ3v) is 4.88. The second-order valence-corrected chi connectivity index (χ2v) is 7.37. The van der Waals surface area contributed by atoms with Gasteiger partial charge in [0.15, 0.2) is 0 Å². The van der Waals surface area contributed by atoms with E-state index in [0.717, 1.165) is 43.1 Å². The number of nitrogens with zero attached hydrogens (tertiary/aromatic N) is 1. The van der Waals surface area contributed by atoms with Crippen molar-refractivity contribution in [3.8, 4) is 6.07 Å². The topological polar surface area (TPSA) is 111 Å². The van der Waals surface area contributed by atoms with E-state index in [2.05, 4.69) is 17.2 Å². The zero-order chi connectivity index (χ0) is 24.6. The van der Waals surface area contributed by atoms with Crippen LogP contribution in [0.2, 0.25) is 0 Å². The van der Waals surface area contributed by atoms with Crippen LogP contribution in [0, 0.1) is 17.1 Å². The summed E-state index contributed by atoms with van der Waals surface area (Å²) in [5, 5.41) is 24.3. The summed E-state index contributed by atoms with van der Waals surface area (Å²) >= 11 is 0. The number of carbonyl (C=O) groups is 1. The maximum atomic E-state index is 13.5. The fourth-order valence-corrected chi connectivity index (χ4v) is 2.90. The molecule has 0 aliphatic rings. The number of hydrogen-bond donors (Lipinski definition) is 4. The molecule has 1 unspecified atom stereocenters. The number of rotatable bonds is 11. The van der Waals surface area contributed by atoms with Crippen molar-refractivity contribution in [2.75, 3.05) is 30.7 Å². The highest BCUT2D eigenvalue weighted by atomic mass is 19.1. The van der Waals surface area contributed by atoms with Gasteiger partial charge >= 0.3 is 5.97 Å². The van der Waals surface area contributed by atoms with Gasteiger partial charge in [-0.3, -0.25) is 4.79 Å². The van der Waals surface area contributed by atoms with Gasteiger partial charge in [-0.2, -0.15) is 5.26 Å². The molecule has 2 aromatic rings. The van der Waals surface area contributed by atoms with Gasteiger partial charge in [-0.05, 0) is 63.0 Å². The minimum atomic E-state index is -0.827. The molecule has 6 nitrogen and oxygen atoms in total. The molecule has 0 saturated carbocycles. The summed E-state index contributed by atoms with van der Waals surface area (Å²) in [5.41, 5.74) is 8.60. The number of benzene rings is 2. The van der Waals surface area contributed by atoms with Crippen molar-refractivity contribution in [3.05, 3.63) is 83.7 Å². The van der Waals surface area contributed by atoms with Crippen LogP contribution in [0.3, 0.4) is 0 Å². The first-order valence-corrected chi connectivity index (χ1v) is 10.8. The van der Waals surface area contributed by atoms with Crippen molar-refractivity contribution in [3.63, 3.8) is 0 Å². The first-order valence-electron chi connectivity index (χ1n) is 10.8. The standard InChI is InChI=1S/C21H25FN4O2.C5H8/c1-14(21(27)28)16-5-3-15(4-6-16)7-10-25-8-2-9-26-19-12-18(22)11-17(13-23)20(19)24;1-3-5-4-2/h3-6,11-12,14,25-26H,2,7-10,24H2,1H3,(H,27,28);3-5H,1H2,2H3/b;5-4-. The minimum absolute atomic E-state index is 0.129. The van der Waals surface area contributed by atoms with E-state index in [1.54, 1.807) is 13.0 Å². The molecule has 1 atom stereocenters. The molecular formula is C26H33FN4O2. The van der Waals surface area contributed by atoms with Crippen LogP contribution in [-0.4, -0.2) is 30.7 Å². The van der Waals surface area contributed by atoms with E-state index in [4.69, 9.17) is 16.1 Å². The number of carboxylic acid groups (broad SMARTS) is 1. The monoisotopic (exact) mass is 452 g/mol. The molecule has 0 spiro atoms. The number of anilines is 2. The number of carboxylic acids is 1. The second kappa shape index (κ2) is 15.2. The summed E-state index contributed by atoms with van der Waals surface area (Å²) in [5.74, 6) is -1.82. The van der Waals surface area contributed by atoms with Gasteiger partial charge in [0.25, 0.3) is 0 Å². The Morgan fingerprint density at radius 2 is 1.97 bits per heavy atom. The van der Waals surface area contributed by atoms with Gasteiger partial charge in [-0.1, -0.05) is 49.1 Å². The number of nitrogens with two attached hydrogens (primary N) is 1. The Balaban J connectivity index is 0.000000981. The number of allylic oxidation sites excluding steroid dienone is 3. The Labute approximate surface area is 195 Å². The zero-order valence-electron chi connectivity index (χ0n) is 19.3. The maximum absolute atomic E-state index is 13.5. The molecule has 2 rings (SSSR count). The van der Waals surface area contributed by atoms with Crippen LogP contribution in [0.25, 0.3) is 0 Å². The zero-order valence-corrected chi connectivity index (χ0v) is 19.3. The third kappa shape index (κ3) is 10.0. The highest BCUT2D eigenvalue weighted by molar-refractivity contribution is 5.75. The van der Waals surface area contributed by atoms with Crippen LogP contribution >= 0.6 is 0 Å². The van der Waals surface area contributed by atoms with Crippen LogP contribution in [0.5, 0.6) is 0 Å². The molecule has 0 amide bonds. The molecule has 0 aliphatic heterocycles. The van der Waals surface area contributed by atoms with Gasteiger partial charge in [-0.25, -0.2) is 4.39 Å². The highest BCUT2D eigenvalue weighted by Crippen LogP contribution is 2.24. The van der Waals surface area contributed by atoms with Crippen LogP contribution in [0.4, 0.5) is 15.8 Å². The van der Waals surface area contributed by atoms with Gasteiger partial charge in [0.05, 0.1) is 22.9 Å². The van der Waals surface area contributed by atoms with Gasteiger partial charge in [0.2, 0.25) is 0 Å². The number of aliphatic carboxylic acids is 1. The second-order valence-electron chi connectivity index (χ2n) is 7.37. The summed E-state index contributed by atoms with van der Waals surface area (Å²) in [6.07, 6.45) is 7.23. The molecule has 5 N–H and O–H groups in total. The average molecular weight is 453 g/mol. The number of nitriles is 1. The van der Waals surface area contributed by atoms with Crippen molar-refractivity contribution in [1.29, 1.82) is 5.26 Å². The minimum Gasteiger partial charge on any atom is -0.481 e. The fourth-order valence-electron chi connectivity index (χ4n) is 2.90. The SMILES string of the molecule is C=C/C=C\C.CC(C(=O)O)c1ccc(CCNCCCNc2cc(F)cc(C#N)c2N)cc1. The molecule has 176 valence electrons. The molecule has 2 aromatic carbocycles. The summed E-state index contributed by atoms with van der Waals surface area (Å²) in [7, 11) is 0. The number of hydrogen-bond acceptors (Lipinski definition) is 5. The van der Waals surface area contributed by atoms with E-state index >= 15 is 0 Å². The molecule has 0 aliphatic carbocycles. The van der Waals surface area contributed by atoms with Crippen LogP contribution in [0.15, 0.2) is 61.2 Å². The molecule has 0 saturated heterocycles. The molecule has 0 heterocycles. The maximum Gasteiger partial charge on any atom is 0.310 e. The van der Waals surface area contributed by atoms with E-state index in [9.17, 15) is 9.18 Å². The molecule has 33 heavy (non-hydrogen) atoms. The molecule has 0 fully saturated rings. The smallest absolute Gasteiger partial charge is 0.310 e. The Morgan fingerprint density at radius 3 is 2.52 bits per heavy atom. The number of nitrogens with one attached hydrogen (secondary N) is 2. The van der Waals surface area contributed by atoms with Gasteiger partial charge in [-0.15, -0.1) is 0 Å². The van der Waals surface area contributed by atoms with Crippen molar-refractivity contribution in [2.24, 2.45) is 0 Å². The first-order chi connectivity index (χ1) is 15.8. The van der Waals surface area contributed by atoms with Gasteiger partial charge in [0, 0.05) is 6.54 Å². The highest BCUT2D eigenvalue weighted by Gasteiger charge is 2.12. The van der Waals surface area contributed by atoms with E-state index in [1.807, 2.05) is 49.4 Å². The summed E-state index contributed by atoms with van der Waals surface area (Å²) in [6.45, 7) is 9.28. The lowest BCUT2D eigenvalue weighted by Gasteiger charge is -2.11. The lowest BCUT2D eigenvalue weighted by Crippen LogP contribution is -2.21. The van der Waals surface area contributed by atoms with E-state index < -0.39 is 17.7 Å². The van der Waals surface area contributed by atoms with Crippen molar-refractivity contribution < 1.29 is 14.3 Å². The molecular weight excluding hydrogens is 419 g/mol. The summed E-state index contributed by atoms with van der Waals surface area (Å²) in [6, 6.07) is 11.9. The number of halogens is 1. The predicted octanol–water partition coefficient (Wildman–Crippen LogP) is 4.85. The predicted molar refractivity (Wildman–Crippen MR) is 133 cm³/mol. The van der Waals surface area contributed by atoms with E-state index in [-0.39, 0.29) is 11.3 Å². The summed E-state index contributed by atoms with van der Waals surface area (Å²) in [4.78, 5) is 11.0. The molecule has 0 radical (unpaired) electrons. The molecule has 7 heteroatoms. The van der Waals surface area contributed by atoms with Crippen LogP contribution in [-0.2, 0) is 11.2 Å². The Bertz CT molecular complexity index is 965. The average Bonchev–Trinajstić information content (AvgIpc) is 2.81. The van der Waals surface area contributed by atoms with Crippen molar-refractivity contribution in [1.82, 2.24) is 5.32 Å². The van der Waals surface area contributed by atoms with Crippen LogP contribution < -0.4 is 16.4 Å². The largest absolute Gasteiger partial charge is 0.481 e. The van der Waals surface area contributed by atoms with E-state index in [1.165, 1.54) is 6.07 Å². The number of nitrogen functional groups attached to an aromatic ring is 1. The fraction of sp³-hybridized carbons (Fsp3) is 0.308. The Kier molecular flexibility index (Phi) is 12.6.